The highest BCUT2D eigenvalue weighted by molar-refractivity contribution is 9.10. The summed E-state index contributed by atoms with van der Waals surface area (Å²) in [5, 5.41) is 9.00. The number of pyridine rings is 1. The van der Waals surface area contributed by atoms with E-state index in [4.69, 9.17) is 5.26 Å². The summed E-state index contributed by atoms with van der Waals surface area (Å²) >= 11 is 3.22. The van der Waals surface area contributed by atoms with Crippen molar-refractivity contribution in [2.45, 2.75) is 12.7 Å². The van der Waals surface area contributed by atoms with Crippen molar-refractivity contribution in [2.75, 3.05) is 4.72 Å². The van der Waals surface area contributed by atoms with Crippen LogP contribution in [0.4, 0.5) is 5.69 Å². The minimum atomic E-state index is -3.61. The highest BCUT2D eigenvalue weighted by atomic mass is 79.9. The molecule has 0 radical (unpaired) electrons. The lowest BCUT2D eigenvalue weighted by Crippen LogP contribution is -2.16. The minimum absolute atomic E-state index is 0.258. The maximum absolute atomic E-state index is 12.2. The van der Waals surface area contributed by atoms with Crippen LogP contribution in [0.3, 0.4) is 0 Å². The Morgan fingerprint density at radius 3 is 2.67 bits per heavy atom. The first kappa shape index (κ1) is 15.5. The number of sulfonamides is 1. The smallest absolute Gasteiger partial charge is 0.237 e. The van der Waals surface area contributed by atoms with Crippen LogP contribution >= 0.6 is 15.9 Å². The molecule has 0 fully saturated rings. The molecule has 21 heavy (non-hydrogen) atoms. The van der Waals surface area contributed by atoms with Gasteiger partial charge in [0, 0.05) is 0 Å². The third kappa shape index (κ3) is 4.03. The molecule has 0 bridgehead atoms. The topological polar surface area (TPSA) is 82.8 Å². The molecular weight excluding hydrogens is 354 g/mol. The number of rotatable bonds is 4. The maximum Gasteiger partial charge on any atom is 0.237 e. The second-order valence-corrected chi connectivity index (χ2v) is 6.93. The summed E-state index contributed by atoms with van der Waals surface area (Å²) in [6, 6.07) is 11.9. The predicted octanol–water partition coefficient (Wildman–Crippen LogP) is 2.97. The zero-order valence-corrected chi connectivity index (χ0v) is 13.6. The van der Waals surface area contributed by atoms with E-state index in [2.05, 4.69) is 25.6 Å². The number of benzene rings is 1. The zero-order chi connectivity index (χ0) is 15.5. The Morgan fingerprint density at radius 2 is 2.00 bits per heavy atom. The second-order valence-electron chi connectivity index (χ2n) is 4.40. The van der Waals surface area contributed by atoms with E-state index in [-0.39, 0.29) is 5.75 Å². The number of hydrogen-bond acceptors (Lipinski definition) is 4. The Balaban J connectivity index is 2.25. The standard InChI is InChI=1S/C14H12BrN3O2S/c1-10-13(6-7-14(15)17-10)18-21(19,20)9-12-5-3-2-4-11(12)8-16/h2-7,18H,9H2,1H3. The molecule has 1 N–H and O–H groups in total. The largest absolute Gasteiger partial charge is 0.281 e. The Morgan fingerprint density at radius 1 is 1.29 bits per heavy atom. The van der Waals surface area contributed by atoms with Gasteiger partial charge in [-0.3, -0.25) is 4.72 Å². The summed E-state index contributed by atoms with van der Waals surface area (Å²) in [6.45, 7) is 1.71. The van der Waals surface area contributed by atoms with E-state index in [1.165, 1.54) is 0 Å². The van der Waals surface area contributed by atoms with Gasteiger partial charge in [0.05, 0.1) is 28.8 Å². The number of nitrogens with zero attached hydrogens (tertiary/aromatic N) is 2. The van der Waals surface area contributed by atoms with Gasteiger partial charge in [-0.05, 0) is 46.6 Å². The lowest BCUT2D eigenvalue weighted by molar-refractivity contribution is 0.600. The van der Waals surface area contributed by atoms with Gasteiger partial charge in [0.2, 0.25) is 10.0 Å². The van der Waals surface area contributed by atoms with Crippen LogP contribution in [-0.2, 0) is 15.8 Å². The van der Waals surface area contributed by atoms with Crippen LogP contribution in [0, 0.1) is 18.3 Å². The molecule has 108 valence electrons. The fraction of sp³-hybridized carbons (Fsp3) is 0.143. The van der Waals surface area contributed by atoms with Crippen molar-refractivity contribution in [3.63, 3.8) is 0 Å². The highest BCUT2D eigenvalue weighted by Crippen LogP contribution is 2.19. The van der Waals surface area contributed by atoms with Gasteiger partial charge in [0.15, 0.2) is 0 Å². The third-order valence-electron chi connectivity index (χ3n) is 2.80. The molecule has 0 aliphatic carbocycles. The second kappa shape index (κ2) is 6.24. The molecule has 0 aliphatic heterocycles. The van der Waals surface area contributed by atoms with Crippen molar-refractivity contribution in [3.05, 3.63) is 57.8 Å². The van der Waals surface area contributed by atoms with E-state index >= 15 is 0 Å². The lowest BCUT2D eigenvalue weighted by atomic mass is 10.1. The van der Waals surface area contributed by atoms with Crippen LogP contribution in [0.5, 0.6) is 0 Å². The molecule has 0 spiro atoms. The number of hydrogen-bond donors (Lipinski definition) is 1. The summed E-state index contributed by atoms with van der Waals surface area (Å²) in [5.74, 6) is -0.258. The van der Waals surface area contributed by atoms with Crippen molar-refractivity contribution < 1.29 is 8.42 Å². The molecule has 0 saturated carbocycles. The minimum Gasteiger partial charge on any atom is -0.281 e. The molecule has 5 nitrogen and oxygen atoms in total. The lowest BCUT2D eigenvalue weighted by Gasteiger charge is -2.11. The molecule has 1 aromatic heterocycles. The van der Waals surface area contributed by atoms with E-state index < -0.39 is 10.0 Å². The summed E-state index contributed by atoms with van der Waals surface area (Å²) < 4.78 is 27.6. The van der Waals surface area contributed by atoms with Crippen LogP contribution in [0.2, 0.25) is 0 Å². The molecule has 1 aromatic carbocycles. The number of nitriles is 1. The van der Waals surface area contributed by atoms with Gasteiger partial charge in [-0.15, -0.1) is 0 Å². The molecule has 0 aliphatic rings. The van der Waals surface area contributed by atoms with Crippen molar-refractivity contribution in [2.24, 2.45) is 0 Å². The van der Waals surface area contributed by atoms with E-state index in [9.17, 15) is 8.42 Å². The summed E-state index contributed by atoms with van der Waals surface area (Å²) in [5.41, 5.74) is 1.82. The molecule has 1 heterocycles. The van der Waals surface area contributed by atoms with Gasteiger partial charge in [-0.1, -0.05) is 18.2 Å². The van der Waals surface area contributed by atoms with Crippen LogP contribution in [0.1, 0.15) is 16.8 Å². The molecule has 2 aromatic rings. The van der Waals surface area contributed by atoms with Crippen molar-refractivity contribution in [1.82, 2.24) is 4.98 Å². The van der Waals surface area contributed by atoms with Crippen molar-refractivity contribution in [1.29, 1.82) is 5.26 Å². The average molecular weight is 366 g/mol. The van der Waals surface area contributed by atoms with E-state index in [0.29, 0.717) is 27.1 Å². The monoisotopic (exact) mass is 365 g/mol. The first-order valence-electron chi connectivity index (χ1n) is 6.03. The van der Waals surface area contributed by atoms with Crippen LogP contribution in [-0.4, -0.2) is 13.4 Å². The van der Waals surface area contributed by atoms with E-state index in [1.807, 2.05) is 6.07 Å². The summed E-state index contributed by atoms with van der Waals surface area (Å²) in [7, 11) is -3.61. The molecular formula is C14H12BrN3O2S. The molecule has 0 saturated heterocycles. The zero-order valence-electron chi connectivity index (χ0n) is 11.2. The van der Waals surface area contributed by atoms with Crippen LogP contribution in [0.25, 0.3) is 0 Å². The van der Waals surface area contributed by atoms with E-state index in [0.717, 1.165) is 0 Å². The number of nitrogens with one attached hydrogen (secondary N) is 1. The first-order valence-corrected chi connectivity index (χ1v) is 8.47. The number of halogens is 1. The molecule has 0 amide bonds. The average Bonchev–Trinajstić information content (AvgIpc) is 2.42. The van der Waals surface area contributed by atoms with Gasteiger partial charge in [0.25, 0.3) is 0 Å². The van der Waals surface area contributed by atoms with Gasteiger partial charge in [0.1, 0.15) is 4.60 Å². The fourth-order valence-electron chi connectivity index (χ4n) is 1.80. The summed E-state index contributed by atoms with van der Waals surface area (Å²) in [4.78, 5) is 4.14. The Bertz CT molecular complexity index is 813. The normalized spacial score (nSPS) is 10.9. The van der Waals surface area contributed by atoms with Crippen LogP contribution < -0.4 is 4.72 Å². The number of aromatic nitrogens is 1. The van der Waals surface area contributed by atoms with E-state index in [1.54, 1.807) is 43.3 Å². The van der Waals surface area contributed by atoms with Gasteiger partial charge >= 0.3 is 0 Å². The number of aryl methyl sites for hydroxylation is 1. The van der Waals surface area contributed by atoms with Gasteiger partial charge in [-0.2, -0.15) is 5.26 Å². The molecule has 0 atom stereocenters. The highest BCUT2D eigenvalue weighted by Gasteiger charge is 2.15. The Kier molecular flexibility index (Phi) is 4.60. The molecule has 7 heteroatoms. The number of anilines is 1. The molecule has 0 unspecified atom stereocenters. The maximum atomic E-state index is 12.2. The quantitative estimate of drug-likeness (QED) is 0.844. The molecule has 2 rings (SSSR count). The van der Waals surface area contributed by atoms with Crippen molar-refractivity contribution in [3.8, 4) is 6.07 Å². The SMILES string of the molecule is Cc1nc(Br)ccc1NS(=O)(=O)Cc1ccccc1C#N. The van der Waals surface area contributed by atoms with Crippen molar-refractivity contribution >= 4 is 31.6 Å². The Hall–Kier alpha value is -1.91. The van der Waals surface area contributed by atoms with Gasteiger partial charge < -0.3 is 0 Å². The predicted molar refractivity (Wildman–Crippen MR) is 84.1 cm³/mol. The summed E-state index contributed by atoms with van der Waals surface area (Å²) in [6.07, 6.45) is 0. The first-order chi connectivity index (χ1) is 9.91. The third-order valence-corrected chi connectivity index (χ3v) is 4.46. The van der Waals surface area contributed by atoms with Gasteiger partial charge in [-0.25, -0.2) is 13.4 Å². The van der Waals surface area contributed by atoms with Crippen LogP contribution in [0.15, 0.2) is 41.0 Å². The fourth-order valence-corrected chi connectivity index (χ4v) is 3.48. The Labute approximate surface area is 131 Å².